The van der Waals surface area contributed by atoms with Gasteiger partial charge in [-0.2, -0.15) is 0 Å². The van der Waals surface area contributed by atoms with Gasteiger partial charge in [-0.25, -0.2) is 0 Å². The standard InChI is InChI=1S/C11H14N2O/c1-8-11(14)13-10(7-12-8)9-5-3-2-4-6-9/h2-6,8,10,12H,7H2,1H3,(H,13,14)/t8-,10-/m1/s1. The van der Waals surface area contributed by atoms with Crippen LogP contribution in [0.3, 0.4) is 0 Å². The predicted octanol–water partition coefficient (Wildman–Crippen LogP) is 0.836. The van der Waals surface area contributed by atoms with Crippen LogP contribution >= 0.6 is 0 Å². The minimum absolute atomic E-state index is 0.0741. The third-order valence-electron chi connectivity index (χ3n) is 2.54. The van der Waals surface area contributed by atoms with Crippen molar-refractivity contribution >= 4 is 5.91 Å². The highest BCUT2D eigenvalue weighted by atomic mass is 16.2. The number of piperazine rings is 1. The zero-order valence-corrected chi connectivity index (χ0v) is 8.16. The number of benzene rings is 1. The number of hydrogen-bond acceptors (Lipinski definition) is 2. The fourth-order valence-corrected chi connectivity index (χ4v) is 1.62. The summed E-state index contributed by atoms with van der Waals surface area (Å²) in [6.45, 7) is 2.67. The van der Waals surface area contributed by atoms with Crippen molar-refractivity contribution < 1.29 is 4.79 Å². The van der Waals surface area contributed by atoms with Crippen LogP contribution in [0.15, 0.2) is 30.3 Å². The first-order chi connectivity index (χ1) is 6.77. The normalized spacial score (nSPS) is 27.1. The molecule has 1 saturated heterocycles. The third kappa shape index (κ3) is 1.77. The monoisotopic (exact) mass is 190 g/mol. The largest absolute Gasteiger partial charge is 0.347 e. The van der Waals surface area contributed by atoms with E-state index in [0.29, 0.717) is 0 Å². The molecule has 0 unspecified atom stereocenters. The summed E-state index contributed by atoms with van der Waals surface area (Å²) in [4.78, 5) is 11.4. The predicted molar refractivity (Wildman–Crippen MR) is 54.8 cm³/mol. The van der Waals surface area contributed by atoms with Gasteiger partial charge in [-0.05, 0) is 12.5 Å². The van der Waals surface area contributed by atoms with Crippen LogP contribution in [0.25, 0.3) is 0 Å². The van der Waals surface area contributed by atoms with Gasteiger partial charge in [0.25, 0.3) is 0 Å². The summed E-state index contributed by atoms with van der Waals surface area (Å²) in [5.41, 5.74) is 1.15. The highest BCUT2D eigenvalue weighted by Gasteiger charge is 2.24. The Labute approximate surface area is 83.5 Å². The molecule has 1 aliphatic rings. The Morgan fingerprint density at radius 2 is 2.00 bits per heavy atom. The van der Waals surface area contributed by atoms with Gasteiger partial charge in [0.2, 0.25) is 5.91 Å². The van der Waals surface area contributed by atoms with E-state index in [1.807, 2.05) is 37.3 Å². The van der Waals surface area contributed by atoms with Crippen molar-refractivity contribution in [1.29, 1.82) is 0 Å². The van der Waals surface area contributed by atoms with Gasteiger partial charge in [-0.1, -0.05) is 30.3 Å². The van der Waals surface area contributed by atoms with Crippen molar-refractivity contribution in [3.8, 4) is 0 Å². The van der Waals surface area contributed by atoms with E-state index in [4.69, 9.17) is 0 Å². The summed E-state index contributed by atoms with van der Waals surface area (Å²) in [6, 6.07) is 10.0. The van der Waals surface area contributed by atoms with Crippen LogP contribution in [0.5, 0.6) is 0 Å². The molecule has 2 atom stereocenters. The van der Waals surface area contributed by atoms with Gasteiger partial charge in [0.1, 0.15) is 0 Å². The summed E-state index contributed by atoms with van der Waals surface area (Å²) < 4.78 is 0. The molecule has 0 bridgehead atoms. The van der Waals surface area contributed by atoms with Gasteiger partial charge in [-0.15, -0.1) is 0 Å². The molecule has 1 aromatic carbocycles. The summed E-state index contributed by atoms with van der Waals surface area (Å²) in [5.74, 6) is 0.0742. The van der Waals surface area contributed by atoms with E-state index in [-0.39, 0.29) is 18.0 Å². The van der Waals surface area contributed by atoms with Gasteiger partial charge < -0.3 is 10.6 Å². The Bertz CT molecular complexity index is 323. The summed E-state index contributed by atoms with van der Waals surface area (Å²) >= 11 is 0. The number of carbonyl (C=O) groups excluding carboxylic acids is 1. The quantitative estimate of drug-likeness (QED) is 0.689. The molecule has 14 heavy (non-hydrogen) atoms. The Kier molecular flexibility index (Phi) is 2.50. The summed E-state index contributed by atoms with van der Waals surface area (Å²) in [7, 11) is 0. The third-order valence-corrected chi connectivity index (χ3v) is 2.54. The SMILES string of the molecule is C[C@H]1NC[C@H](c2ccccc2)NC1=O. The van der Waals surface area contributed by atoms with E-state index >= 15 is 0 Å². The van der Waals surface area contributed by atoms with Gasteiger partial charge in [-0.3, -0.25) is 4.79 Å². The maximum Gasteiger partial charge on any atom is 0.237 e. The minimum atomic E-state index is -0.0741. The molecule has 1 aliphatic heterocycles. The Hall–Kier alpha value is -1.35. The van der Waals surface area contributed by atoms with Crippen molar-refractivity contribution in [3.63, 3.8) is 0 Å². The smallest absolute Gasteiger partial charge is 0.237 e. The van der Waals surface area contributed by atoms with Crippen LogP contribution in [-0.4, -0.2) is 18.5 Å². The average molecular weight is 190 g/mol. The van der Waals surface area contributed by atoms with Crippen LogP contribution in [0, 0.1) is 0 Å². The molecule has 0 saturated carbocycles. The fraction of sp³-hybridized carbons (Fsp3) is 0.364. The molecule has 0 aliphatic carbocycles. The molecule has 1 fully saturated rings. The van der Waals surface area contributed by atoms with Crippen molar-refractivity contribution in [3.05, 3.63) is 35.9 Å². The van der Waals surface area contributed by atoms with Crippen LogP contribution in [-0.2, 0) is 4.79 Å². The molecule has 2 N–H and O–H groups in total. The van der Waals surface area contributed by atoms with E-state index in [0.717, 1.165) is 12.1 Å². The van der Waals surface area contributed by atoms with Crippen molar-refractivity contribution in [2.75, 3.05) is 6.54 Å². The maximum absolute atomic E-state index is 11.4. The Morgan fingerprint density at radius 3 is 2.64 bits per heavy atom. The lowest BCUT2D eigenvalue weighted by molar-refractivity contribution is -0.125. The number of hydrogen-bond donors (Lipinski definition) is 2. The van der Waals surface area contributed by atoms with Crippen LogP contribution in [0.2, 0.25) is 0 Å². The van der Waals surface area contributed by atoms with Crippen molar-refractivity contribution in [1.82, 2.24) is 10.6 Å². The number of carbonyl (C=O) groups is 1. The van der Waals surface area contributed by atoms with Crippen molar-refractivity contribution in [2.24, 2.45) is 0 Å². The summed E-state index contributed by atoms with van der Waals surface area (Å²) in [6.07, 6.45) is 0. The molecular formula is C11H14N2O. The van der Waals surface area contributed by atoms with Crippen LogP contribution in [0.4, 0.5) is 0 Å². The number of amides is 1. The second-order valence-electron chi connectivity index (χ2n) is 3.60. The fourth-order valence-electron chi connectivity index (χ4n) is 1.62. The summed E-state index contributed by atoms with van der Waals surface area (Å²) in [5, 5.41) is 6.15. The van der Waals surface area contributed by atoms with E-state index in [2.05, 4.69) is 10.6 Å². The zero-order chi connectivity index (χ0) is 9.97. The minimum Gasteiger partial charge on any atom is -0.347 e. The highest BCUT2D eigenvalue weighted by molar-refractivity contribution is 5.82. The van der Waals surface area contributed by atoms with E-state index in [1.54, 1.807) is 0 Å². The van der Waals surface area contributed by atoms with Crippen LogP contribution < -0.4 is 10.6 Å². The topological polar surface area (TPSA) is 41.1 Å². The van der Waals surface area contributed by atoms with Crippen LogP contribution in [0.1, 0.15) is 18.5 Å². The van der Waals surface area contributed by atoms with Gasteiger partial charge in [0.05, 0.1) is 12.1 Å². The lowest BCUT2D eigenvalue weighted by Gasteiger charge is -2.28. The first kappa shape index (κ1) is 9.21. The molecule has 0 spiro atoms. The first-order valence-corrected chi connectivity index (χ1v) is 4.86. The van der Waals surface area contributed by atoms with Gasteiger partial charge in [0, 0.05) is 6.54 Å². The molecular weight excluding hydrogens is 176 g/mol. The van der Waals surface area contributed by atoms with Crippen molar-refractivity contribution in [2.45, 2.75) is 19.0 Å². The molecule has 0 radical (unpaired) electrons. The first-order valence-electron chi connectivity index (χ1n) is 4.86. The second kappa shape index (κ2) is 3.80. The molecule has 3 heteroatoms. The molecule has 2 rings (SSSR count). The number of nitrogens with one attached hydrogen (secondary N) is 2. The zero-order valence-electron chi connectivity index (χ0n) is 8.16. The molecule has 1 amide bonds. The Morgan fingerprint density at radius 1 is 1.29 bits per heavy atom. The van der Waals surface area contributed by atoms with Gasteiger partial charge >= 0.3 is 0 Å². The molecule has 0 aromatic heterocycles. The van der Waals surface area contributed by atoms with E-state index < -0.39 is 0 Å². The Balaban J connectivity index is 2.11. The number of rotatable bonds is 1. The maximum atomic E-state index is 11.4. The average Bonchev–Trinajstić information content (AvgIpc) is 2.23. The molecule has 3 nitrogen and oxygen atoms in total. The highest BCUT2D eigenvalue weighted by Crippen LogP contribution is 2.14. The molecule has 74 valence electrons. The molecule has 1 heterocycles. The van der Waals surface area contributed by atoms with Gasteiger partial charge in [0.15, 0.2) is 0 Å². The lowest BCUT2D eigenvalue weighted by atomic mass is 10.0. The lowest BCUT2D eigenvalue weighted by Crippen LogP contribution is -2.52. The second-order valence-corrected chi connectivity index (χ2v) is 3.60. The van der Waals surface area contributed by atoms with E-state index in [1.165, 1.54) is 0 Å². The molecule has 1 aromatic rings. The van der Waals surface area contributed by atoms with E-state index in [9.17, 15) is 4.79 Å².